The maximum atomic E-state index is 12.1. The molecule has 0 radical (unpaired) electrons. The quantitative estimate of drug-likeness (QED) is 0.853. The summed E-state index contributed by atoms with van der Waals surface area (Å²) in [6, 6.07) is 3.61. The van der Waals surface area contributed by atoms with Gasteiger partial charge in [-0.1, -0.05) is 13.8 Å². The summed E-state index contributed by atoms with van der Waals surface area (Å²) in [7, 11) is 0. The topological polar surface area (TPSA) is 40.5 Å². The summed E-state index contributed by atoms with van der Waals surface area (Å²) >= 11 is 0. The Morgan fingerprint density at radius 3 is 2.47 bits per heavy atom. The van der Waals surface area contributed by atoms with Crippen LogP contribution in [0.5, 0.6) is 5.75 Å². The maximum Gasteiger partial charge on any atom is 0.253 e. The van der Waals surface area contributed by atoms with Gasteiger partial charge in [0.2, 0.25) is 0 Å². The molecule has 0 aromatic heterocycles. The minimum absolute atomic E-state index is 0.0845. The highest BCUT2D eigenvalue weighted by Gasteiger charge is 2.23. The van der Waals surface area contributed by atoms with Gasteiger partial charge in [-0.25, -0.2) is 0 Å². The van der Waals surface area contributed by atoms with E-state index in [0.29, 0.717) is 11.3 Å². The van der Waals surface area contributed by atoms with E-state index in [0.717, 1.165) is 30.6 Å². The van der Waals surface area contributed by atoms with Crippen molar-refractivity contribution < 1.29 is 9.90 Å². The average Bonchev–Trinajstić information content (AvgIpc) is 2.18. The number of carbonyl (C=O) groups excluding carboxylic acids is 1. The fourth-order valence-electron chi connectivity index (χ4n) is 2.07. The number of nitrogens with zero attached hydrogens (tertiary/aromatic N) is 1. The lowest BCUT2D eigenvalue weighted by atomic mass is 9.95. The SMILES string of the molecule is Cc1cc(C(=O)N2CCC2)cc(C(C)C)c1O. The van der Waals surface area contributed by atoms with Crippen LogP contribution in [0, 0.1) is 6.92 Å². The number of aryl methyl sites for hydroxylation is 1. The lowest BCUT2D eigenvalue weighted by Crippen LogP contribution is -2.42. The van der Waals surface area contributed by atoms with Crippen molar-refractivity contribution in [2.45, 2.75) is 33.1 Å². The molecule has 3 nitrogen and oxygen atoms in total. The van der Waals surface area contributed by atoms with Gasteiger partial charge in [0.25, 0.3) is 5.91 Å². The van der Waals surface area contributed by atoms with E-state index in [2.05, 4.69) is 0 Å². The Labute approximate surface area is 102 Å². The first-order valence-corrected chi connectivity index (χ1v) is 6.13. The van der Waals surface area contributed by atoms with E-state index in [1.54, 1.807) is 6.07 Å². The van der Waals surface area contributed by atoms with Crippen LogP contribution in [0.2, 0.25) is 0 Å². The van der Waals surface area contributed by atoms with E-state index in [1.165, 1.54) is 0 Å². The number of phenols is 1. The van der Waals surface area contributed by atoms with Crippen LogP contribution in [0.4, 0.5) is 0 Å². The Kier molecular flexibility index (Phi) is 3.09. The standard InChI is InChI=1S/C14H19NO2/c1-9(2)12-8-11(7-10(3)13(12)16)14(17)15-5-4-6-15/h7-9,16H,4-6H2,1-3H3. The van der Waals surface area contributed by atoms with Gasteiger partial charge in [0.1, 0.15) is 5.75 Å². The predicted molar refractivity (Wildman–Crippen MR) is 67.5 cm³/mol. The summed E-state index contributed by atoms with van der Waals surface area (Å²) < 4.78 is 0. The number of hydrogen-bond donors (Lipinski definition) is 1. The van der Waals surface area contributed by atoms with E-state index >= 15 is 0 Å². The molecule has 92 valence electrons. The number of likely N-dealkylation sites (tertiary alicyclic amines) is 1. The molecule has 0 spiro atoms. The summed E-state index contributed by atoms with van der Waals surface area (Å²) in [5, 5.41) is 9.96. The molecular formula is C14H19NO2. The molecule has 1 fully saturated rings. The molecule has 0 unspecified atom stereocenters. The molecule has 0 saturated carbocycles. The van der Waals surface area contributed by atoms with E-state index in [4.69, 9.17) is 0 Å². The van der Waals surface area contributed by atoms with Gasteiger partial charge in [-0.05, 0) is 42.5 Å². The lowest BCUT2D eigenvalue weighted by Gasteiger charge is -2.31. The Hall–Kier alpha value is -1.51. The van der Waals surface area contributed by atoms with E-state index in [-0.39, 0.29) is 11.8 Å². The molecule has 1 aliphatic rings. The van der Waals surface area contributed by atoms with Crippen LogP contribution >= 0.6 is 0 Å². The molecule has 2 rings (SSSR count). The second-order valence-electron chi connectivity index (χ2n) is 5.03. The highest BCUT2D eigenvalue weighted by Crippen LogP contribution is 2.30. The monoisotopic (exact) mass is 233 g/mol. The van der Waals surface area contributed by atoms with Crippen LogP contribution < -0.4 is 0 Å². The summed E-state index contributed by atoms with van der Waals surface area (Å²) in [4.78, 5) is 14.0. The molecule has 1 saturated heterocycles. The van der Waals surface area contributed by atoms with Crippen molar-refractivity contribution in [2.75, 3.05) is 13.1 Å². The maximum absolute atomic E-state index is 12.1. The van der Waals surface area contributed by atoms with Crippen LogP contribution in [0.3, 0.4) is 0 Å². The first-order chi connectivity index (χ1) is 8.00. The normalized spacial score (nSPS) is 14.9. The molecule has 17 heavy (non-hydrogen) atoms. The van der Waals surface area contributed by atoms with Gasteiger partial charge in [-0.3, -0.25) is 4.79 Å². The van der Waals surface area contributed by atoms with E-state index in [9.17, 15) is 9.90 Å². The third-order valence-corrected chi connectivity index (χ3v) is 3.34. The van der Waals surface area contributed by atoms with Gasteiger partial charge in [-0.15, -0.1) is 0 Å². The van der Waals surface area contributed by atoms with Crippen molar-refractivity contribution >= 4 is 5.91 Å². The van der Waals surface area contributed by atoms with Crippen molar-refractivity contribution in [1.82, 2.24) is 4.90 Å². The fourth-order valence-corrected chi connectivity index (χ4v) is 2.07. The molecule has 0 bridgehead atoms. The Balaban J connectivity index is 2.37. The second kappa shape index (κ2) is 4.40. The summed E-state index contributed by atoms with van der Waals surface area (Å²) in [5.41, 5.74) is 2.33. The minimum atomic E-state index is 0.0845. The number of aromatic hydroxyl groups is 1. The fraction of sp³-hybridized carbons (Fsp3) is 0.500. The zero-order chi connectivity index (χ0) is 12.6. The number of rotatable bonds is 2. The Morgan fingerprint density at radius 1 is 1.35 bits per heavy atom. The van der Waals surface area contributed by atoms with Gasteiger partial charge in [0, 0.05) is 18.7 Å². The van der Waals surface area contributed by atoms with Crippen molar-refractivity contribution in [2.24, 2.45) is 0 Å². The molecule has 1 N–H and O–H groups in total. The van der Waals surface area contributed by atoms with Gasteiger partial charge < -0.3 is 10.0 Å². The summed E-state index contributed by atoms with van der Waals surface area (Å²) in [6.07, 6.45) is 1.10. The van der Waals surface area contributed by atoms with Crippen molar-refractivity contribution in [3.8, 4) is 5.75 Å². The van der Waals surface area contributed by atoms with Crippen LogP contribution in [0.15, 0.2) is 12.1 Å². The molecule has 1 amide bonds. The number of phenolic OH excluding ortho intramolecular Hbond substituents is 1. The van der Waals surface area contributed by atoms with Crippen molar-refractivity contribution in [3.05, 3.63) is 28.8 Å². The molecule has 3 heteroatoms. The first kappa shape index (κ1) is 12.0. The van der Waals surface area contributed by atoms with Crippen LogP contribution in [-0.2, 0) is 0 Å². The van der Waals surface area contributed by atoms with Crippen LogP contribution in [0.25, 0.3) is 0 Å². The van der Waals surface area contributed by atoms with Gasteiger partial charge in [-0.2, -0.15) is 0 Å². The molecular weight excluding hydrogens is 214 g/mol. The molecule has 1 heterocycles. The van der Waals surface area contributed by atoms with Crippen molar-refractivity contribution in [3.63, 3.8) is 0 Å². The summed E-state index contributed by atoms with van der Waals surface area (Å²) in [6.45, 7) is 7.60. The largest absolute Gasteiger partial charge is 0.507 e. The van der Waals surface area contributed by atoms with Gasteiger partial charge >= 0.3 is 0 Å². The van der Waals surface area contributed by atoms with E-state index < -0.39 is 0 Å². The lowest BCUT2D eigenvalue weighted by molar-refractivity contribution is 0.0651. The second-order valence-corrected chi connectivity index (χ2v) is 5.03. The van der Waals surface area contributed by atoms with Crippen molar-refractivity contribution in [1.29, 1.82) is 0 Å². The Morgan fingerprint density at radius 2 is 2.00 bits per heavy atom. The Bertz CT molecular complexity index is 448. The predicted octanol–water partition coefficient (Wildman–Crippen LogP) is 2.67. The third-order valence-electron chi connectivity index (χ3n) is 3.34. The average molecular weight is 233 g/mol. The van der Waals surface area contributed by atoms with Gasteiger partial charge in [0.15, 0.2) is 0 Å². The molecule has 1 aromatic carbocycles. The number of benzene rings is 1. The highest BCUT2D eigenvalue weighted by molar-refractivity contribution is 5.95. The number of amides is 1. The molecule has 1 aromatic rings. The molecule has 1 aliphatic heterocycles. The molecule has 0 atom stereocenters. The van der Waals surface area contributed by atoms with Crippen LogP contribution in [0.1, 0.15) is 47.7 Å². The summed E-state index contributed by atoms with van der Waals surface area (Å²) in [5.74, 6) is 0.624. The van der Waals surface area contributed by atoms with Crippen LogP contribution in [-0.4, -0.2) is 29.0 Å². The number of carbonyl (C=O) groups is 1. The smallest absolute Gasteiger partial charge is 0.253 e. The zero-order valence-electron chi connectivity index (χ0n) is 10.7. The molecule has 0 aliphatic carbocycles. The van der Waals surface area contributed by atoms with E-state index in [1.807, 2.05) is 31.7 Å². The minimum Gasteiger partial charge on any atom is -0.507 e. The zero-order valence-corrected chi connectivity index (χ0v) is 10.7. The highest BCUT2D eigenvalue weighted by atomic mass is 16.3. The first-order valence-electron chi connectivity index (χ1n) is 6.13. The number of hydrogen-bond acceptors (Lipinski definition) is 2. The van der Waals surface area contributed by atoms with Gasteiger partial charge in [0.05, 0.1) is 0 Å². The third kappa shape index (κ3) is 2.14.